The Balaban J connectivity index is 1.89. The summed E-state index contributed by atoms with van der Waals surface area (Å²) in [6.07, 6.45) is 2.35. The number of rotatable bonds is 2. The monoisotopic (exact) mass is 288 g/mol. The number of fused-ring (bicyclic) bond motifs is 1. The number of benzene rings is 2. The molecule has 1 aromatic heterocycles. The van der Waals surface area contributed by atoms with Gasteiger partial charge in [-0.25, -0.2) is 0 Å². The van der Waals surface area contributed by atoms with Gasteiger partial charge in [0.25, 0.3) is 0 Å². The predicted octanol–water partition coefficient (Wildman–Crippen LogP) is 4.37. The van der Waals surface area contributed by atoms with Crippen molar-refractivity contribution in [2.45, 2.75) is 18.8 Å². The van der Waals surface area contributed by atoms with E-state index >= 15 is 0 Å². The lowest BCUT2D eigenvalue weighted by Crippen LogP contribution is -2.27. The van der Waals surface area contributed by atoms with Crippen molar-refractivity contribution in [2.24, 2.45) is 0 Å². The Morgan fingerprint density at radius 2 is 1.59 bits per heavy atom. The molecule has 1 N–H and O–H groups in total. The van der Waals surface area contributed by atoms with Crippen molar-refractivity contribution in [3.63, 3.8) is 0 Å². The van der Waals surface area contributed by atoms with Crippen LogP contribution in [0.25, 0.3) is 22.0 Å². The van der Waals surface area contributed by atoms with Gasteiger partial charge in [0.2, 0.25) is 0 Å². The largest absolute Gasteiger partial charge is 0.317 e. The standard InChI is InChI=1S/C20H20N2/c1-2-6-15(7-3-1)19-14-17-8-4-5-9-18(17)20(22-19)16-10-12-21-13-11-16/h1-9,14,16,21H,10-13H2. The van der Waals surface area contributed by atoms with Crippen LogP contribution in [0.1, 0.15) is 24.5 Å². The van der Waals surface area contributed by atoms with Crippen LogP contribution in [-0.4, -0.2) is 18.1 Å². The molecule has 3 aromatic rings. The Morgan fingerprint density at radius 1 is 0.864 bits per heavy atom. The van der Waals surface area contributed by atoms with Gasteiger partial charge in [-0.2, -0.15) is 0 Å². The van der Waals surface area contributed by atoms with E-state index in [-0.39, 0.29) is 0 Å². The molecule has 0 spiro atoms. The minimum absolute atomic E-state index is 0.565. The summed E-state index contributed by atoms with van der Waals surface area (Å²) in [6, 6.07) is 21.4. The van der Waals surface area contributed by atoms with Gasteiger partial charge in [-0.15, -0.1) is 0 Å². The molecule has 0 unspecified atom stereocenters. The van der Waals surface area contributed by atoms with Gasteiger partial charge in [-0.1, -0.05) is 54.6 Å². The van der Waals surface area contributed by atoms with Gasteiger partial charge in [-0.05, 0) is 37.4 Å². The van der Waals surface area contributed by atoms with Crippen LogP contribution in [0, 0.1) is 0 Å². The van der Waals surface area contributed by atoms with Crippen LogP contribution in [0.15, 0.2) is 60.7 Å². The summed E-state index contributed by atoms with van der Waals surface area (Å²) < 4.78 is 0. The minimum atomic E-state index is 0.565. The zero-order chi connectivity index (χ0) is 14.8. The van der Waals surface area contributed by atoms with Crippen LogP contribution >= 0.6 is 0 Å². The van der Waals surface area contributed by atoms with E-state index in [1.54, 1.807) is 0 Å². The molecule has 0 saturated carbocycles. The molecule has 1 fully saturated rings. The summed E-state index contributed by atoms with van der Waals surface area (Å²) in [5.41, 5.74) is 3.56. The summed E-state index contributed by atoms with van der Waals surface area (Å²) in [4.78, 5) is 5.07. The minimum Gasteiger partial charge on any atom is -0.317 e. The first-order chi connectivity index (χ1) is 10.9. The molecule has 110 valence electrons. The number of nitrogens with one attached hydrogen (secondary N) is 1. The third kappa shape index (κ3) is 2.51. The van der Waals surface area contributed by atoms with Crippen molar-refractivity contribution in [1.29, 1.82) is 0 Å². The molecule has 0 aliphatic carbocycles. The molecule has 1 saturated heterocycles. The number of hydrogen-bond donors (Lipinski definition) is 1. The zero-order valence-corrected chi connectivity index (χ0v) is 12.6. The van der Waals surface area contributed by atoms with Gasteiger partial charge in [0.1, 0.15) is 0 Å². The van der Waals surface area contributed by atoms with E-state index in [0.29, 0.717) is 5.92 Å². The first-order valence-electron chi connectivity index (χ1n) is 8.07. The summed E-state index contributed by atoms with van der Waals surface area (Å²) >= 11 is 0. The topological polar surface area (TPSA) is 24.9 Å². The maximum absolute atomic E-state index is 5.07. The van der Waals surface area contributed by atoms with Gasteiger partial charge in [0, 0.05) is 16.9 Å². The Hall–Kier alpha value is -2.19. The molecule has 4 rings (SSSR count). The average Bonchev–Trinajstić information content (AvgIpc) is 2.62. The fourth-order valence-electron chi connectivity index (χ4n) is 3.39. The van der Waals surface area contributed by atoms with Gasteiger partial charge in [-0.3, -0.25) is 4.98 Å². The SMILES string of the molecule is c1ccc(-c2cc3ccccc3c(C3CCNCC3)n2)cc1. The molecule has 1 aliphatic rings. The highest BCUT2D eigenvalue weighted by molar-refractivity contribution is 5.88. The smallest absolute Gasteiger partial charge is 0.0711 e. The maximum atomic E-state index is 5.07. The number of pyridine rings is 1. The van der Waals surface area contributed by atoms with E-state index in [2.05, 4.69) is 66.0 Å². The normalized spacial score (nSPS) is 16.0. The summed E-state index contributed by atoms with van der Waals surface area (Å²) in [5.74, 6) is 0.565. The predicted molar refractivity (Wildman–Crippen MR) is 92.0 cm³/mol. The van der Waals surface area contributed by atoms with Crippen molar-refractivity contribution in [1.82, 2.24) is 10.3 Å². The molecule has 2 aromatic carbocycles. The molecule has 0 bridgehead atoms. The molecule has 1 aliphatic heterocycles. The Labute approximate surface area is 131 Å². The molecule has 2 heterocycles. The molecule has 2 heteroatoms. The summed E-state index contributed by atoms with van der Waals surface area (Å²) in [7, 11) is 0. The van der Waals surface area contributed by atoms with Crippen molar-refractivity contribution in [3.05, 3.63) is 66.4 Å². The molecule has 0 amide bonds. The Kier molecular flexibility index (Phi) is 3.61. The quantitative estimate of drug-likeness (QED) is 0.757. The maximum Gasteiger partial charge on any atom is 0.0711 e. The first-order valence-corrected chi connectivity index (χ1v) is 8.07. The Bertz CT molecular complexity index is 774. The van der Waals surface area contributed by atoms with Crippen molar-refractivity contribution in [2.75, 3.05) is 13.1 Å². The molecule has 0 atom stereocenters. The molecule has 0 radical (unpaired) electrons. The molecular weight excluding hydrogens is 268 g/mol. The van der Waals surface area contributed by atoms with Crippen LogP contribution in [0.4, 0.5) is 0 Å². The fraction of sp³-hybridized carbons (Fsp3) is 0.250. The van der Waals surface area contributed by atoms with Gasteiger partial charge in [0.05, 0.1) is 11.4 Å². The number of piperidine rings is 1. The first kappa shape index (κ1) is 13.5. The molecular formula is C20H20N2. The highest BCUT2D eigenvalue weighted by Gasteiger charge is 2.19. The third-order valence-corrected chi connectivity index (χ3v) is 4.57. The van der Waals surface area contributed by atoms with Crippen LogP contribution in [0.5, 0.6) is 0 Å². The van der Waals surface area contributed by atoms with Gasteiger partial charge < -0.3 is 5.32 Å². The second-order valence-electron chi connectivity index (χ2n) is 6.00. The van der Waals surface area contributed by atoms with Gasteiger partial charge >= 0.3 is 0 Å². The average molecular weight is 288 g/mol. The third-order valence-electron chi connectivity index (χ3n) is 4.57. The highest BCUT2D eigenvalue weighted by atomic mass is 14.9. The van der Waals surface area contributed by atoms with Crippen molar-refractivity contribution < 1.29 is 0 Å². The number of aromatic nitrogens is 1. The van der Waals surface area contributed by atoms with E-state index in [4.69, 9.17) is 4.98 Å². The van der Waals surface area contributed by atoms with Crippen LogP contribution in [0.2, 0.25) is 0 Å². The van der Waals surface area contributed by atoms with Crippen LogP contribution in [-0.2, 0) is 0 Å². The highest BCUT2D eigenvalue weighted by Crippen LogP contribution is 2.32. The van der Waals surface area contributed by atoms with E-state index in [1.165, 1.54) is 34.9 Å². The Morgan fingerprint density at radius 3 is 2.41 bits per heavy atom. The van der Waals surface area contributed by atoms with Crippen LogP contribution in [0.3, 0.4) is 0 Å². The van der Waals surface area contributed by atoms with Crippen LogP contribution < -0.4 is 5.32 Å². The van der Waals surface area contributed by atoms with E-state index in [0.717, 1.165) is 18.8 Å². The number of nitrogens with zero attached hydrogens (tertiary/aromatic N) is 1. The lowest BCUT2D eigenvalue weighted by molar-refractivity contribution is 0.456. The van der Waals surface area contributed by atoms with E-state index in [1.807, 2.05) is 0 Å². The van der Waals surface area contributed by atoms with E-state index < -0.39 is 0 Å². The van der Waals surface area contributed by atoms with Crippen molar-refractivity contribution in [3.8, 4) is 11.3 Å². The number of hydrogen-bond acceptors (Lipinski definition) is 2. The molecule has 22 heavy (non-hydrogen) atoms. The fourth-order valence-corrected chi connectivity index (χ4v) is 3.39. The second-order valence-corrected chi connectivity index (χ2v) is 6.00. The zero-order valence-electron chi connectivity index (χ0n) is 12.6. The van der Waals surface area contributed by atoms with Gasteiger partial charge in [0.15, 0.2) is 0 Å². The van der Waals surface area contributed by atoms with Crippen molar-refractivity contribution >= 4 is 10.8 Å². The summed E-state index contributed by atoms with van der Waals surface area (Å²) in [6.45, 7) is 2.19. The summed E-state index contributed by atoms with van der Waals surface area (Å²) in [5, 5.41) is 6.06. The van der Waals surface area contributed by atoms with E-state index in [9.17, 15) is 0 Å². The lowest BCUT2D eigenvalue weighted by atomic mass is 9.90. The molecule has 2 nitrogen and oxygen atoms in total. The second kappa shape index (κ2) is 5.90. The lowest BCUT2D eigenvalue weighted by Gasteiger charge is -2.24.